The second-order valence-corrected chi connectivity index (χ2v) is 5.06. The van der Waals surface area contributed by atoms with Crippen LogP contribution < -0.4 is 10.9 Å². The number of carbonyl (C=O) groups is 1. The molecular formula is C12H15ClN4O2. The number of rotatable bonds is 3. The van der Waals surface area contributed by atoms with Crippen LogP contribution in [0.15, 0.2) is 10.9 Å². The molecule has 1 atom stereocenters. The highest BCUT2D eigenvalue weighted by molar-refractivity contribution is 6.30. The van der Waals surface area contributed by atoms with Crippen LogP contribution >= 0.6 is 11.6 Å². The molecule has 1 amide bonds. The fourth-order valence-corrected chi connectivity index (χ4v) is 2.00. The maximum Gasteiger partial charge on any atom is 0.266 e. The van der Waals surface area contributed by atoms with Crippen LogP contribution in [0.4, 0.5) is 0 Å². The Morgan fingerprint density at radius 3 is 2.89 bits per heavy atom. The van der Waals surface area contributed by atoms with E-state index < -0.39 is 5.38 Å². The maximum atomic E-state index is 11.5. The van der Waals surface area contributed by atoms with Crippen LogP contribution in [-0.4, -0.2) is 25.9 Å². The van der Waals surface area contributed by atoms with Crippen molar-refractivity contribution in [3.05, 3.63) is 33.4 Å². The third kappa shape index (κ3) is 2.63. The summed E-state index contributed by atoms with van der Waals surface area (Å²) in [5.74, 6) is -0.235. The number of fused-ring (bicyclic) bond motifs is 1. The molecule has 0 aliphatic heterocycles. The number of hydrogen-bond donors (Lipinski definition) is 2. The molecule has 2 aromatic rings. The Labute approximate surface area is 114 Å². The predicted molar refractivity (Wildman–Crippen MR) is 72.4 cm³/mol. The maximum absolute atomic E-state index is 11.5. The Kier molecular flexibility index (Phi) is 3.61. The Hall–Kier alpha value is -1.82. The first-order valence-electron chi connectivity index (χ1n) is 5.89. The number of halogens is 1. The summed E-state index contributed by atoms with van der Waals surface area (Å²) in [6, 6.07) is 1.43. The molecule has 0 saturated carbocycles. The van der Waals surface area contributed by atoms with E-state index in [-0.39, 0.29) is 11.5 Å². The summed E-state index contributed by atoms with van der Waals surface area (Å²) >= 11 is 5.69. The number of nitrogens with zero attached hydrogens (tertiary/aromatic N) is 2. The van der Waals surface area contributed by atoms with Crippen molar-refractivity contribution < 1.29 is 4.79 Å². The number of alkyl halides is 1. The number of amides is 1. The molecule has 7 heteroatoms. The highest BCUT2D eigenvalue weighted by Gasteiger charge is 2.13. The lowest BCUT2D eigenvalue weighted by molar-refractivity contribution is -0.120. The monoisotopic (exact) mass is 282 g/mol. The number of nitrogens with one attached hydrogen (secondary N) is 2. The molecule has 2 N–H and O–H groups in total. The molecular weight excluding hydrogens is 268 g/mol. The minimum Gasteiger partial charge on any atom is -0.351 e. The van der Waals surface area contributed by atoms with Gasteiger partial charge in [0.2, 0.25) is 5.91 Å². The summed E-state index contributed by atoms with van der Waals surface area (Å²) in [4.78, 5) is 27.1. The standard InChI is InChI=1S/C12H15ClN4O2/c1-6(13)12(19)14-5-9-7(2)15-10-4-11(18)16-17(10)8(9)3/h4,6H,5H2,1-3H3,(H,14,19)(H,16,18). The van der Waals surface area contributed by atoms with Gasteiger partial charge in [-0.3, -0.25) is 14.7 Å². The lowest BCUT2D eigenvalue weighted by Gasteiger charge is -2.12. The van der Waals surface area contributed by atoms with Gasteiger partial charge in [0, 0.05) is 29.6 Å². The Morgan fingerprint density at radius 2 is 2.26 bits per heavy atom. The second-order valence-electron chi connectivity index (χ2n) is 4.41. The molecule has 2 rings (SSSR count). The second kappa shape index (κ2) is 5.05. The summed E-state index contributed by atoms with van der Waals surface area (Å²) < 4.78 is 1.61. The van der Waals surface area contributed by atoms with Crippen molar-refractivity contribution in [2.75, 3.05) is 0 Å². The third-order valence-electron chi connectivity index (χ3n) is 3.00. The van der Waals surface area contributed by atoms with Gasteiger partial charge in [0.05, 0.1) is 0 Å². The molecule has 0 spiro atoms. The molecule has 2 aromatic heterocycles. The van der Waals surface area contributed by atoms with E-state index in [0.717, 1.165) is 17.0 Å². The van der Waals surface area contributed by atoms with Crippen LogP contribution in [0.2, 0.25) is 0 Å². The van der Waals surface area contributed by atoms with Crippen LogP contribution in [0.5, 0.6) is 0 Å². The van der Waals surface area contributed by atoms with Gasteiger partial charge in [0.1, 0.15) is 5.38 Å². The fraction of sp³-hybridized carbons (Fsp3) is 0.417. The summed E-state index contributed by atoms with van der Waals surface area (Å²) in [5.41, 5.74) is 2.85. The van der Waals surface area contributed by atoms with E-state index in [1.165, 1.54) is 6.07 Å². The quantitative estimate of drug-likeness (QED) is 0.821. The molecule has 0 aliphatic rings. The van der Waals surface area contributed by atoms with E-state index in [1.54, 1.807) is 11.4 Å². The van der Waals surface area contributed by atoms with Gasteiger partial charge in [0.15, 0.2) is 5.65 Å². The Balaban J connectivity index is 2.37. The number of hydrogen-bond acceptors (Lipinski definition) is 3. The lowest BCUT2D eigenvalue weighted by Crippen LogP contribution is -2.30. The van der Waals surface area contributed by atoms with Crippen molar-refractivity contribution in [2.24, 2.45) is 0 Å². The van der Waals surface area contributed by atoms with Gasteiger partial charge in [-0.25, -0.2) is 9.50 Å². The average molecular weight is 283 g/mol. The number of aromatic amines is 1. The smallest absolute Gasteiger partial charge is 0.266 e. The van der Waals surface area contributed by atoms with Gasteiger partial charge in [-0.15, -0.1) is 11.6 Å². The van der Waals surface area contributed by atoms with Crippen LogP contribution in [0.3, 0.4) is 0 Å². The topological polar surface area (TPSA) is 79.3 Å². The lowest BCUT2D eigenvalue weighted by atomic mass is 10.1. The zero-order valence-electron chi connectivity index (χ0n) is 11.0. The van der Waals surface area contributed by atoms with Gasteiger partial charge in [0.25, 0.3) is 5.56 Å². The van der Waals surface area contributed by atoms with Crippen molar-refractivity contribution in [2.45, 2.75) is 32.7 Å². The Morgan fingerprint density at radius 1 is 1.58 bits per heavy atom. The summed E-state index contributed by atoms with van der Waals surface area (Å²) in [6.45, 7) is 5.65. The highest BCUT2D eigenvalue weighted by atomic mass is 35.5. The minimum atomic E-state index is -0.580. The van der Waals surface area contributed by atoms with Crippen molar-refractivity contribution >= 4 is 23.2 Å². The van der Waals surface area contributed by atoms with E-state index in [0.29, 0.717) is 12.2 Å². The summed E-state index contributed by atoms with van der Waals surface area (Å²) in [6.07, 6.45) is 0. The molecule has 0 radical (unpaired) electrons. The molecule has 2 heterocycles. The van der Waals surface area contributed by atoms with Gasteiger partial charge in [-0.2, -0.15) is 0 Å². The van der Waals surface area contributed by atoms with Crippen molar-refractivity contribution in [1.29, 1.82) is 0 Å². The summed E-state index contributed by atoms with van der Waals surface area (Å²) in [5, 5.41) is 4.82. The van der Waals surface area contributed by atoms with Gasteiger partial charge >= 0.3 is 0 Å². The first-order valence-corrected chi connectivity index (χ1v) is 6.33. The van der Waals surface area contributed by atoms with E-state index >= 15 is 0 Å². The van der Waals surface area contributed by atoms with Gasteiger partial charge < -0.3 is 5.32 Å². The minimum absolute atomic E-state index is 0.203. The summed E-state index contributed by atoms with van der Waals surface area (Å²) in [7, 11) is 0. The Bertz CT molecular complexity index is 687. The largest absolute Gasteiger partial charge is 0.351 e. The number of aromatic nitrogens is 3. The molecule has 0 saturated heterocycles. The number of carbonyl (C=O) groups excluding carboxylic acids is 1. The fourth-order valence-electron chi connectivity index (χ4n) is 1.93. The number of aryl methyl sites for hydroxylation is 2. The normalized spacial score (nSPS) is 12.6. The predicted octanol–water partition coefficient (Wildman–Crippen LogP) is 0.883. The molecule has 0 aromatic carbocycles. The molecule has 102 valence electrons. The van der Waals surface area contributed by atoms with E-state index in [1.807, 2.05) is 13.8 Å². The molecule has 19 heavy (non-hydrogen) atoms. The van der Waals surface area contributed by atoms with Crippen molar-refractivity contribution in [3.8, 4) is 0 Å². The van der Waals surface area contributed by atoms with Crippen molar-refractivity contribution in [3.63, 3.8) is 0 Å². The number of H-pyrrole nitrogens is 1. The molecule has 6 nitrogen and oxygen atoms in total. The van der Waals surface area contributed by atoms with Crippen LogP contribution in [0.25, 0.3) is 5.65 Å². The highest BCUT2D eigenvalue weighted by Crippen LogP contribution is 2.13. The molecule has 1 unspecified atom stereocenters. The van der Waals surface area contributed by atoms with Crippen molar-refractivity contribution in [1.82, 2.24) is 19.9 Å². The van der Waals surface area contributed by atoms with Crippen LogP contribution in [0.1, 0.15) is 23.9 Å². The zero-order chi connectivity index (χ0) is 14.2. The zero-order valence-corrected chi connectivity index (χ0v) is 11.7. The first-order chi connectivity index (χ1) is 8.90. The van der Waals surface area contributed by atoms with Gasteiger partial charge in [-0.05, 0) is 20.8 Å². The van der Waals surface area contributed by atoms with Crippen LogP contribution in [-0.2, 0) is 11.3 Å². The van der Waals surface area contributed by atoms with E-state index in [4.69, 9.17) is 11.6 Å². The molecule has 0 bridgehead atoms. The van der Waals surface area contributed by atoms with E-state index in [9.17, 15) is 9.59 Å². The van der Waals surface area contributed by atoms with Gasteiger partial charge in [-0.1, -0.05) is 0 Å². The average Bonchev–Trinajstić information content (AvgIpc) is 2.69. The molecule has 0 aliphatic carbocycles. The van der Waals surface area contributed by atoms with E-state index in [2.05, 4.69) is 15.4 Å². The third-order valence-corrected chi connectivity index (χ3v) is 3.20. The van der Waals surface area contributed by atoms with Crippen LogP contribution in [0, 0.1) is 13.8 Å². The first kappa shape index (κ1) is 13.6. The molecule has 0 fully saturated rings. The SMILES string of the molecule is Cc1nc2cc(=O)[nH]n2c(C)c1CNC(=O)C(C)Cl.